The molecular formula is C27H24Cl2N2O2. The zero-order valence-corrected chi connectivity index (χ0v) is 20.0. The van der Waals surface area contributed by atoms with Crippen molar-refractivity contribution in [3.63, 3.8) is 0 Å². The third kappa shape index (κ3) is 4.66. The van der Waals surface area contributed by atoms with E-state index in [-0.39, 0.29) is 17.7 Å². The molecule has 0 aromatic heterocycles. The highest BCUT2D eigenvalue weighted by molar-refractivity contribution is 6.33. The Hall–Kier alpha value is -3.13. The van der Waals surface area contributed by atoms with E-state index in [0.717, 1.165) is 27.9 Å². The summed E-state index contributed by atoms with van der Waals surface area (Å²) < 4.78 is 0. The second kappa shape index (κ2) is 9.39. The first-order chi connectivity index (χ1) is 15.8. The van der Waals surface area contributed by atoms with Crippen LogP contribution < -0.4 is 4.90 Å². The second-order valence-corrected chi connectivity index (χ2v) is 9.12. The van der Waals surface area contributed by atoms with Crippen molar-refractivity contribution >= 4 is 34.8 Å². The number of anilines is 1. The van der Waals surface area contributed by atoms with Gasteiger partial charge in [0.15, 0.2) is 0 Å². The van der Waals surface area contributed by atoms with E-state index < -0.39 is 0 Å². The van der Waals surface area contributed by atoms with Crippen molar-refractivity contribution in [2.45, 2.75) is 19.9 Å². The molecule has 3 aromatic carbocycles. The van der Waals surface area contributed by atoms with E-state index in [1.54, 1.807) is 18.2 Å². The number of aryl methyl sites for hydroxylation is 2. The molecule has 1 fully saturated rings. The van der Waals surface area contributed by atoms with Crippen LogP contribution in [0.1, 0.15) is 38.7 Å². The standard InChI is InChI=1S/C27H24Cl2N2O2/c1-4-19-5-10-24(23(29)15-19)31-12-11-30(16-25(31)20-6-8-21(28)9-7-20)27(33)26-17(2)13-22(32)14-18(26)3/h1,5-10,13-15,25,32H,11-12,16H2,2-3H3. The molecule has 1 N–H and O–H groups in total. The average Bonchev–Trinajstić information content (AvgIpc) is 2.78. The van der Waals surface area contributed by atoms with Gasteiger partial charge in [0.05, 0.1) is 16.8 Å². The molecule has 6 heteroatoms. The van der Waals surface area contributed by atoms with E-state index in [4.69, 9.17) is 29.6 Å². The summed E-state index contributed by atoms with van der Waals surface area (Å²) in [6.45, 7) is 5.31. The summed E-state index contributed by atoms with van der Waals surface area (Å²) in [7, 11) is 0. The minimum atomic E-state index is -0.119. The van der Waals surface area contributed by atoms with Gasteiger partial charge in [-0.2, -0.15) is 0 Å². The number of nitrogens with zero attached hydrogens (tertiary/aromatic N) is 2. The zero-order chi connectivity index (χ0) is 23.7. The lowest BCUT2D eigenvalue weighted by Gasteiger charge is -2.43. The van der Waals surface area contributed by atoms with Crippen LogP contribution in [0.25, 0.3) is 0 Å². The van der Waals surface area contributed by atoms with Crippen LogP contribution in [-0.2, 0) is 0 Å². The van der Waals surface area contributed by atoms with Crippen LogP contribution in [0.4, 0.5) is 5.69 Å². The number of terminal acetylenes is 1. The van der Waals surface area contributed by atoms with Gasteiger partial charge in [0.1, 0.15) is 5.75 Å². The Morgan fingerprint density at radius 1 is 1.03 bits per heavy atom. The Morgan fingerprint density at radius 2 is 1.70 bits per heavy atom. The molecule has 0 saturated carbocycles. The molecule has 1 aliphatic rings. The van der Waals surface area contributed by atoms with Gasteiger partial charge in [0.2, 0.25) is 0 Å². The van der Waals surface area contributed by atoms with Crippen molar-refractivity contribution in [3.05, 3.63) is 92.5 Å². The van der Waals surface area contributed by atoms with Gasteiger partial charge in [-0.05, 0) is 73.0 Å². The number of phenols is 1. The molecule has 1 heterocycles. The predicted molar refractivity (Wildman–Crippen MR) is 134 cm³/mol. The van der Waals surface area contributed by atoms with Crippen molar-refractivity contribution in [1.82, 2.24) is 4.90 Å². The molecule has 168 valence electrons. The van der Waals surface area contributed by atoms with Crippen LogP contribution in [0.5, 0.6) is 5.75 Å². The highest BCUT2D eigenvalue weighted by atomic mass is 35.5. The zero-order valence-electron chi connectivity index (χ0n) is 18.5. The lowest BCUT2D eigenvalue weighted by Crippen LogP contribution is -2.51. The highest BCUT2D eigenvalue weighted by Gasteiger charge is 2.33. The SMILES string of the molecule is C#Cc1ccc(N2CCN(C(=O)c3c(C)cc(O)cc3C)CC2c2ccc(Cl)cc2)c(Cl)c1. The van der Waals surface area contributed by atoms with Gasteiger partial charge in [0.25, 0.3) is 5.91 Å². The average molecular weight is 479 g/mol. The molecule has 1 amide bonds. The fraction of sp³-hybridized carbons (Fsp3) is 0.222. The predicted octanol–water partition coefficient (Wildman–Crippen LogP) is 6.00. The third-order valence-electron chi connectivity index (χ3n) is 6.08. The Labute approximate surface area is 204 Å². The fourth-order valence-corrected chi connectivity index (χ4v) is 4.91. The highest BCUT2D eigenvalue weighted by Crippen LogP contribution is 2.36. The molecule has 1 unspecified atom stereocenters. The van der Waals surface area contributed by atoms with Crippen molar-refractivity contribution in [3.8, 4) is 18.1 Å². The molecule has 4 rings (SSSR count). The van der Waals surface area contributed by atoms with Crippen molar-refractivity contribution in [1.29, 1.82) is 0 Å². The van der Waals surface area contributed by atoms with E-state index >= 15 is 0 Å². The van der Waals surface area contributed by atoms with E-state index in [1.165, 1.54) is 0 Å². The number of phenolic OH excluding ortho intramolecular Hbond substituents is 1. The van der Waals surface area contributed by atoms with Crippen molar-refractivity contribution in [2.75, 3.05) is 24.5 Å². The minimum absolute atomic E-state index is 0.0441. The Morgan fingerprint density at radius 3 is 2.30 bits per heavy atom. The summed E-state index contributed by atoms with van der Waals surface area (Å²) in [5.41, 5.74) is 4.78. The number of rotatable bonds is 3. The summed E-state index contributed by atoms with van der Waals surface area (Å²) in [4.78, 5) is 17.6. The molecule has 1 saturated heterocycles. The number of carbonyl (C=O) groups excluding carboxylic acids is 1. The molecule has 1 atom stereocenters. The smallest absolute Gasteiger partial charge is 0.254 e. The fourth-order valence-electron chi connectivity index (χ4n) is 4.49. The lowest BCUT2D eigenvalue weighted by molar-refractivity contribution is 0.0720. The number of aromatic hydroxyl groups is 1. The first kappa shape index (κ1) is 23.0. The number of hydrogen-bond donors (Lipinski definition) is 1. The van der Waals surface area contributed by atoms with Gasteiger partial charge in [-0.15, -0.1) is 6.42 Å². The van der Waals surface area contributed by atoms with Crippen molar-refractivity contribution in [2.24, 2.45) is 0 Å². The monoisotopic (exact) mass is 478 g/mol. The molecule has 0 radical (unpaired) electrons. The van der Waals surface area contributed by atoms with E-state index in [0.29, 0.717) is 35.2 Å². The molecule has 33 heavy (non-hydrogen) atoms. The van der Waals surface area contributed by atoms with E-state index in [9.17, 15) is 9.90 Å². The maximum atomic E-state index is 13.5. The van der Waals surface area contributed by atoms with Gasteiger partial charge in [-0.1, -0.05) is 41.3 Å². The number of halogens is 2. The van der Waals surface area contributed by atoms with Crippen molar-refractivity contribution < 1.29 is 9.90 Å². The summed E-state index contributed by atoms with van der Waals surface area (Å²) in [6.07, 6.45) is 5.53. The normalized spacial score (nSPS) is 15.9. The van der Waals surface area contributed by atoms with Crippen LogP contribution in [0, 0.1) is 26.2 Å². The molecule has 0 bridgehead atoms. The number of piperazine rings is 1. The number of amides is 1. The maximum absolute atomic E-state index is 13.5. The largest absolute Gasteiger partial charge is 0.508 e. The van der Waals surface area contributed by atoms with Crippen LogP contribution in [-0.4, -0.2) is 35.5 Å². The number of carbonyl (C=O) groups is 1. The van der Waals surface area contributed by atoms with Gasteiger partial charge >= 0.3 is 0 Å². The Balaban J connectivity index is 1.71. The summed E-state index contributed by atoms with van der Waals surface area (Å²) >= 11 is 12.7. The first-order valence-electron chi connectivity index (χ1n) is 10.7. The van der Waals surface area contributed by atoms with Gasteiger partial charge < -0.3 is 14.9 Å². The quantitative estimate of drug-likeness (QED) is 0.469. The Kier molecular flexibility index (Phi) is 6.56. The van der Waals surface area contributed by atoms with Gasteiger partial charge in [0, 0.05) is 35.8 Å². The molecule has 0 aliphatic carbocycles. The number of benzene rings is 3. The van der Waals surface area contributed by atoms with E-state index in [2.05, 4.69) is 10.8 Å². The maximum Gasteiger partial charge on any atom is 0.254 e. The Bertz CT molecular complexity index is 1220. The van der Waals surface area contributed by atoms with Crippen LogP contribution in [0.15, 0.2) is 54.6 Å². The van der Waals surface area contributed by atoms with Crippen LogP contribution >= 0.6 is 23.2 Å². The molecule has 1 aliphatic heterocycles. The van der Waals surface area contributed by atoms with Crippen LogP contribution in [0.2, 0.25) is 10.0 Å². The molecule has 0 spiro atoms. The van der Waals surface area contributed by atoms with Gasteiger partial charge in [-0.25, -0.2) is 0 Å². The third-order valence-corrected chi connectivity index (χ3v) is 6.63. The lowest BCUT2D eigenvalue weighted by atomic mass is 9.97. The van der Waals surface area contributed by atoms with E-state index in [1.807, 2.05) is 55.1 Å². The summed E-state index contributed by atoms with van der Waals surface area (Å²) in [5.74, 6) is 2.73. The summed E-state index contributed by atoms with van der Waals surface area (Å²) in [5, 5.41) is 11.1. The van der Waals surface area contributed by atoms with Crippen LogP contribution in [0.3, 0.4) is 0 Å². The molecule has 3 aromatic rings. The molecule has 4 nitrogen and oxygen atoms in total. The minimum Gasteiger partial charge on any atom is -0.508 e. The molecular weight excluding hydrogens is 455 g/mol. The number of hydrogen-bond acceptors (Lipinski definition) is 3. The second-order valence-electron chi connectivity index (χ2n) is 8.28. The van der Waals surface area contributed by atoms with Gasteiger partial charge in [-0.3, -0.25) is 4.79 Å². The summed E-state index contributed by atoms with van der Waals surface area (Å²) in [6, 6.07) is 16.4. The first-order valence-corrected chi connectivity index (χ1v) is 11.4. The topological polar surface area (TPSA) is 43.8 Å².